The van der Waals surface area contributed by atoms with Crippen molar-refractivity contribution in [3.8, 4) is 0 Å². The minimum Gasteiger partial charge on any atom is -0.393 e. The van der Waals surface area contributed by atoms with Gasteiger partial charge in [-0.25, -0.2) is 0 Å². The van der Waals surface area contributed by atoms with Crippen LogP contribution in [0.3, 0.4) is 0 Å². The first-order valence-corrected chi connectivity index (χ1v) is 7.19. The lowest BCUT2D eigenvalue weighted by Crippen LogP contribution is -2.33. The fourth-order valence-electron chi connectivity index (χ4n) is 2.81. The second-order valence-electron chi connectivity index (χ2n) is 5.76. The molecule has 0 spiro atoms. The summed E-state index contributed by atoms with van der Waals surface area (Å²) < 4.78 is 0. The number of carbonyl (C=O) groups excluding carboxylic acids is 1. The normalized spacial score (nSPS) is 24.3. The third-order valence-electron chi connectivity index (χ3n) is 4.14. The van der Waals surface area contributed by atoms with E-state index < -0.39 is 0 Å². The van der Waals surface area contributed by atoms with Crippen molar-refractivity contribution in [2.45, 2.75) is 51.0 Å². The van der Waals surface area contributed by atoms with E-state index in [4.69, 9.17) is 0 Å². The lowest BCUT2D eigenvalue weighted by atomic mass is 10.1. The van der Waals surface area contributed by atoms with Crippen LogP contribution in [0.1, 0.15) is 59.8 Å². The van der Waals surface area contributed by atoms with E-state index >= 15 is 0 Å². The van der Waals surface area contributed by atoms with E-state index in [0.717, 1.165) is 49.2 Å². The zero-order valence-electron chi connectivity index (χ0n) is 11.4. The first-order valence-electron chi connectivity index (χ1n) is 7.19. The average molecular weight is 263 g/mol. The topological polar surface area (TPSA) is 69.2 Å². The van der Waals surface area contributed by atoms with Crippen LogP contribution in [0.15, 0.2) is 0 Å². The maximum atomic E-state index is 12.7. The van der Waals surface area contributed by atoms with Crippen LogP contribution in [0.2, 0.25) is 0 Å². The molecule has 2 N–H and O–H groups in total. The molecule has 1 aliphatic carbocycles. The lowest BCUT2D eigenvalue weighted by molar-refractivity contribution is 0.0751. The number of hydrogen-bond acceptors (Lipinski definition) is 3. The van der Waals surface area contributed by atoms with Crippen LogP contribution in [0, 0.1) is 6.92 Å². The number of likely N-dealkylation sites (tertiary alicyclic amines) is 1. The Bertz CT molecular complexity index is 479. The highest BCUT2D eigenvalue weighted by molar-refractivity contribution is 5.96. The monoisotopic (exact) mass is 263 g/mol. The minimum absolute atomic E-state index is 0.0854. The van der Waals surface area contributed by atoms with Gasteiger partial charge < -0.3 is 10.0 Å². The number of aliphatic hydroxyl groups excluding tert-OH is 1. The Morgan fingerprint density at radius 2 is 2.11 bits per heavy atom. The van der Waals surface area contributed by atoms with E-state index in [9.17, 15) is 9.90 Å². The number of H-pyrrole nitrogens is 1. The van der Waals surface area contributed by atoms with Gasteiger partial charge in [0.2, 0.25) is 0 Å². The summed E-state index contributed by atoms with van der Waals surface area (Å²) in [5.74, 6) is 0.559. The molecule has 0 aromatic carbocycles. The molecule has 1 aliphatic heterocycles. The van der Waals surface area contributed by atoms with Crippen LogP contribution in [0.5, 0.6) is 0 Å². The lowest BCUT2D eigenvalue weighted by Gasteiger charge is -2.20. The number of aryl methyl sites for hydroxylation is 1. The van der Waals surface area contributed by atoms with E-state index in [1.165, 1.54) is 0 Å². The summed E-state index contributed by atoms with van der Waals surface area (Å²) in [7, 11) is 0. The van der Waals surface area contributed by atoms with Gasteiger partial charge >= 0.3 is 0 Å². The Morgan fingerprint density at radius 1 is 1.32 bits per heavy atom. The van der Waals surface area contributed by atoms with Gasteiger partial charge in [-0.1, -0.05) is 0 Å². The molecule has 0 unspecified atom stereocenters. The number of aromatic amines is 1. The molecule has 1 saturated carbocycles. The number of rotatable bonds is 2. The van der Waals surface area contributed by atoms with Gasteiger partial charge in [0.05, 0.1) is 17.4 Å². The minimum atomic E-state index is -0.258. The summed E-state index contributed by atoms with van der Waals surface area (Å²) >= 11 is 0. The quantitative estimate of drug-likeness (QED) is 0.851. The Kier molecular flexibility index (Phi) is 3.31. The van der Waals surface area contributed by atoms with Gasteiger partial charge in [0.25, 0.3) is 5.91 Å². The molecule has 3 rings (SSSR count). The largest absolute Gasteiger partial charge is 0.393 e. The summed E-state index contributed by atoms with van der Waals surface area (Å²) in [6, 6.07) is 0. The van der Waals surface area contributed by atoms with E-state index in [1.54, 1.807) is 0 Å². The van der Waals surface area contributed by atoms with Crippen molar-refractivity contribution < 1.29 is 9.90 Å². The van der Waals surface area contributed by atoms with Crippen molar-refractivity contribution in [3.63, 3.8) is 0 Å². The molecule has 1 aromatic heterocycles. The molecule has 0 radical (unpaired) electrons. The molecule has 5 heteroatoms. The van der Waals surface area contributed by atoms with Crippen molar-refractivity contribution in [1.29, 1.82) is 0 Å². The van der Waals surface area contributed by atoms with Gasteiger partial charge in [-0.2, -0.15) is 5.10 Å². The van der Waals surface area contributed by atoms with Crippen molar-refractivity contribution in [2.24, 2.45) is 0 Å². The SMILES string of the molecule is Cc1[nH]nc(C2CC2)c1C(=O)N1CCC[C@H](O)CC1. The van der Waals surface area contributed by atoms with Gasteiger partial charge in [0.1, 0.15) is 0 Å². The third-order valence-corrected chi connectivity index (χ3v) is 4.14. The molecule has 5 nitrogen and oxygen atoms in total. The Morgan fingerprint density at radius 3 is 2.84 bits per heavy atom. The number of aromatic nitrogens is 2. The first kappa shape index (κ1) is 12.7. The maximum Gasteiger partial charge on any atom is 0.257 e. The molecule has 0 bridgehead atoms. The predicted molar refractivity (Wildman–Crippen MR) is 71.1 cm³/mol. The summed E-state index contributed by atoms with van der Waals surface area (Å²) in [5.41, 5.74) is 2.60. The van der Waals surface area contributed by atoms with Crippen molar-refractivity contribution >= 4 is 5.91 Å². The van der Waals surface area contributed by atoms with Crippen LogP contribution < -0.4 is 0 Å². The van der Waals surface area contributed by atoms with E-state index in [1.807, 2.05) is 11.8 Å². The predicted octanol–water partition coefficient (Wildman–Crippen LogP) is 1.58. The molecule has 1 saturated heterocycles. The fraction of sp³-hybridized carbons (Fsp3) is 0.714. The van der Waals surface area contributed by atoms with Gasteiger partial charge in [0.15, 0.2) is 0 Å². The van der Waals surface area contributed by atoms with Crippen LogP contribution in [0.25, 0.3) is 0 Å². The Balaban J connectivity index is 1.81. The van der Waals surface area contributed by atoms with E-state index in [0.29, 0.717) is 18.9 Å². The summed E-state index contributed by atoms with van der Waals surface area (Å²) in [4.78, 5) is 14.6. The van der Waals surface area contributed by atoms with Gasteiger partial charge in [-0.15, -0.1) is 0 Å². The smallest absolute Gasteiger partial charge is 0.257 e. The molecule has 19 heavy (non-hydrogen) atoms. The number of carbonyl (C=O) groups is 1. The number of nitrogens with zero attached hydrogens (tertiary/aromatic N) is 2. The van der Waals surface area contributed by atoms with Crippen LogP contribution in [-0.4, -0.2) is 45.3 Å². The van der Waals surface area contributed by atoms with Crippen molar-refractivity contribution in [2.75, 3.05) is 13.1 Å². The average Bonchev–Trinajstić information content (AvgIpc) is 3.17. The zero-order valence-corrected chi connectivity index (χ0v) is 11.4. The number of nitrogens with one attached hydrogen (secondary N) is 1. The first-order chi connectivity index (χ1) is 9.16. The van der Waals surface area contributed by atoms with Crippen LogP contribution in [0.4, 0.5) is 0 Å². The molecule has 2 aliphatic rings. The molecule has 104 valence electrons. The zero-order chi connectivity index (χ0) is 13.4. The third kappa shape index (κ3) is 2.52. The molecule has 1 amide bonds. The van der Waals surface area contributed by atoms with E-state index in [-0.39, 0.29) is 12.0 Å². The standard InChI is InChI=1S/C14H21N3O2/c1-9-12(13(16-15-9)10-4-5-10)14(19)17-7-2-3-11(18)6-8-17/h10-11,18H,2-8H2,1H3,(H,15,16)/t11-/m0/s1. The molecule has 1 atom stereocenters. The van der Waals surface area contributed by atoms with Crippen molar-refractivity contribution in [3.05, 3.63) is 17.0 Å². The summed E-state index contributed by atoms with van der Waals surface area (Å²) in [6.07, 6.45) is 4.38. The van der Waals surface area contributed by atoms with Crippen LogP contribution >= 0.6 is 0 Å². The second-order valence-corrected chi connectivity index (χ2v) is 5.76. The summed E-state index contributed by atoms with van der Waals surface area (Å²) in [6.45, 7) is 3.30. The molecular formula is C14H21N3O2. The highest BCUT2D eigenvalue weighted by atomic mass is 16.3. The fourth-order valence-corrected chi connectivity index (χ4v) is 2.81. The molecule has 1 aromatic rings. The second kappa shape index (κ2) is 4.96. The van der Waals surface area contributed by atoms with Gasteiger partial charge in [-0.05, 0) is 39.0 Å². The Hall–Kier alpha value is -1.36. The molecule has 2 heterocycles. The molecule has 2 fully saturated rings. The number of hydrogen-bond donors (Lipinski definition) is 2. The Labute approximate surface area is 113 Å². The number of amides is 1. The van der Waals surface area contributed by atoms with Gasteiger partial charge in [-0.3, -0.25) is 9.89 Å². The van der Waals surface area contributed by atoms with Crippen LogP contribution in [-0.2, 0) is 0 Å². The van der Waals surface area contributed by atoms with Crippen molar-refractivity contribution in [1.82, 2.24) is 15.1 Å². The highest BCUT2D eigenvalue weighted by Gasteiger charge is 2.33. The maximum absolute atomic E-state index is 12.7. The summed E-state index contributed by atoms with van der Waals surface area (Å²) in [5, 5.41) is 16.9. The highest BCUT2D eigenvalue weighted by Crippen LogP contribution is 2.41. The molecular weight excluding hydrogens is 242 g/mol. The van der Waals surface area contributed by atoms with E-state index in [2.05, 4.69) is 10.2 Å². The number of aliphatic hydroxyl groups is 1. The van der Waals surface area contributed by atoms with Gasteiger partial charge in [0, 0.05) is 24.7 Å².